The Balaban J connectivity index is 6.13. The summed E-state index contributed by atoms with van der Waals surface area (Å²) in [4.78, 5) is 25.2. The lowest BCUT2D eigenvalue weighted by Gasteiger charge is -2.37. The molecule has 1 N–H and O–H groups in total. The maximum absolute atomic E-state index is 13.1. The number of rotatable bonds is 7. The number of hydrogen-bond acceptors (Lipinski definition) is 7. The molecule has 0 aliphatic rings. The summed E-state index contributed by atoms with van der Waals surface area (Å²) < 4.78 is 33.6. The second-order valence-corrected chi connectivity index (χ2v) is 9.83. The van der Waals surface area contributed by atoms with Gasteiger partial charge in [-0.2, -0.15) is 0 Å². The van der Waals surface area contributed by atoms with E-state index < -0.39 is 36.1 Å². The lowest BCUT2D eigenvalue weighted by atomic mass is 10.1. The van der Waals surface area contributed by atoms with E-state index in [4.69, 9.17) is 18.5 Å². The fourth-order valence-corrected chi connectivity index (χ4v) is 3.53. The molecule has 0 heterocycles. The zero-order valence-corrected chi connectivity index (χ0v) is 17.2. The van der Waals surface area contributed by atoms with Crippen molar-refractivity contribution in [3.8, 4) is 0 Å². The molecule has 9 heteroatoms. The number of hydrogen-bond donors (Lipinski definition) is 1. The second kappa shape index (κ2) is 8.34. The van der Waals surface area contributed by atoms with Gasteiger partial charge in [-0.05, 0) is 41.5 Å². The van der Waals surface area contributed by atoms with Crippen molar-refractivity contribution in [3.05, 3.63) is 12.7 Å². The molecule has 0 aromatic heterocycles. The second-order valence-electron chi connectivity index (χ2n) is 7.34. The van der Waals surface area contributed by atoms with Gasteiger partial charge < -0.3 is 18.5 Å². The SMILES string of the molecule is C=CCC(NC(=O)OC(C)(C)C)(C(=O)OC(C)(C)C)P(=O)(OC)OC. The number of carbonyl (C=O) groups is 2. The molecule has 0 saturated carbocycles. The van der Waals surface area contributed by atoms with E-state index in [9.17, 15) is 14.2 Å². The van der Waals surface area contributed by atoms with Crippen LogP contribution in [0.2, 0.25) is 0 Å². The Morgan fingerprint density at radius 1 is 1.00 bits per heavy atom. The Kier molecular flexibility index (Phi) is 7.88. The highest BCUT2D eigenvalue weighted by molar-refractivity contribution is 7.56. The minimum Gasteiger partial charge on any atom is -0.458 e. The third kappa shape index (κ3) is 6.45. The molecular weight excluding hydrogens is 349 g/mol. The third-order valence-corrected chi connectivity index (χ3v) is 5.21. The molecule has 146 valence electrons. The smallest absolute Gasteiger partial charge is 0.409 e. The van der Waals surface area contributed by atoms with Crippen LogP contribution >= 0.6 is 7.60 Å². The molecule has 0 spiro atoms. The van der Waals surface area contributed by atoms with Crippen LogP contribution in [0, 0.1) is 0 Å². The first-order chi connectivity index (χ1) is 11.2. The van der Waals surface area contributed by atoms with E-state index in [1.54, 1.807) is 41.5 Å². The fraction of sp³-hybridized carbons (Fsp3) is 0.750. The lowest BCUT2D eigenvalue weighted by molar-refractivity contribution is -0.160. The summed E-state index contributed by atoms with van der Waals surface area (Å²) in [5.41, 5.74) is -1.73. The number of carbonyl (C=O) groups excluding carboxylic acids is 2. The molecule has 0 fully saturated rings. The molecule has 0 bridgehead atoms. The largest absolute Gasteiger partial charge is 0.458 e. The summed E-state index contributed by atoms with van der Waals surface area (Å²) >= 11 is 0. The molecule has 8 nitrogen and oxygen atoms in total. The first-order valence-electron chi connectivity index (χ1n) is 7.73. The number of alkyl carbamates (subject to hydrolysis) is 1. The van der Waals surface area contributed by atoms with Gasteiger partial charge in [0.05, 0.1) is 0 Å². The maximum Gasteiger partial charge on any atom is 0.409 e. The molecule has 0 rings (SSSR count). The molecular formula is C16H30NO7P. The normalized spacial score (nSPS) is 15.0. The Labute approximate surface area is 149 Å². The van der Waals surface area contributed by atoms with Crippen LogP contribution in [-0.4, -0.2) is 42.8 Å². The van der Waals surface area contributed by atoms with Crippen LogP contribution in [0.25, 0.3) is 0 Å². The topological polar surface area (TPSA) is 100 Å². The highest BCUT2D eigenvalue weighted by Crippen LogP contribution is 2.60. The van der Waals surface area contributed by atoms with E-state index in [1.165, 1.54) is 6.08 Å². The van der Waals surface area contributed by atoms with Crippen molar-refractivity contribution in [2.75, 3.05) is 14.2 Å². The molecule has 0 aliphatic heterocycles. The number of ether oxygens (including phenoxy) is 2. The van der Waals surface area contributed by atoms with E-state index in [0.717, 1.165) is 14.2 Å². The molecule has 1 unspecified atom stereocenters. The van der Waals surface area contributed by atoms with Gasteiger partial charge in [-0.1, -0.05) is 6.08 Å². The zero-order chi connectivity index (χ0) is 20.1. The first-order valence-corrected chi connectivity index (χ1v) is 9.28. The maximum atomic E-state index is 13.1. The van der Waals surface area contributed by atoms with Crippen molar-refractivity contribution in [2.24, 2.45) is 0 Å². The van der Waals surface area contributed by atoms with Crippen LogP contribution in [0.5, 0.6) is 0 Å². The fourth-order valence-electron chi connectivity index (χ4n) is 1.91. The van der Waals surface area contributed by atoms with Crippen LogP contribution in [-0.2, 0) is 27.9 Å². The Hall–Kier alpha value is -1.37. The summed E-state index contributed by atoms with van der Waals surface area (Å²) in [5.74, 6) is -0.974. The van der Waals surface area contributed by atoms with E-state index in [-0.39, 0.29) is 6.42 Å². The van der Waals surface area contributed by atoms with Crippen molar-refractivity contribution >= 4 is 19.7 Å². The first kappa shape index (κ1) is 23.6. The van der Waals surface area contributed by atoms with Gasteiger partial charge in [-0.15, -0.1) is 6.58 Å². The number of esters is 1. The average Bonchev–Trinajstić information content (AvgIpc) is 2.41. The van der Waals surface area contributed by atoms with Crippen molar-refractivity contribution in [2.45, 2.75) is 64.4 Å². The number of nitrogens with one attached hydrogen (secondary N) is 1. The summed E-state index contributed by atoms with van der Waals surface area (Å²) in [6, 6.07) is 0. The molecule has 0 saturated heterocycles. The molecule has 0 aromatic rings. The van der Waals surface area contributed by atoms with Gasteiger partial charge in [-0.25, -0.2) is 9.59 Å². The minimum atomic E-state index is -4.16. The van der Waals surface area contributed by atoms with Gasteiger partial charge in [0.25, 0.3) is 0 Å². The van der Waals surface area contributed by atoms with Crippen LogP contribution in [0.1, 0.15) is 48.0 Å². The molecule has 25 heavy (non-hydrogen) atoms. The predicted octanol–water partition coefficient (Wildman–Crippen LogP) is 3.61. The predicted molar refractivity (Wildman–Crippen MR) is 94.4 cm³/mol. The van der Waals surface area contributed by atoms with E-state index in [2.05, 4.69) is 11.9 Å². The summed E-state index contributed by atoms with van der Waals surface area (Å²) in [7, 11) is -1.93. The van der Waals surface area contributed by atoms with Gasteiger partial charge in [0, 0.05) is 20.6 Å². The van der Waals surface area contributed by atoms with Gasteiger partial charge >= 0.3 is 19.7 Å². The van der Waals surface area contributed by atoms with Crippen molar-refractivity contribution in [1.29, 1.82) is 0 Å². The standard InChI is InChI=1S/C16H30NO7P/c1-10-11-16(25(20,21-8)22-9,12(18)23-14(2,3)4)17-13(19)24-15(5,6)7/h10H,1,11H2,2-9H3,(H,17,19). The van der Waals surface area contributed by atoms with Crippen LogP contribution < -0.4 is 5.32 Å². The Bertz CT molecular complexity index is 540. The van der Waals surface area contributed by atoms with Gasteiger partial charge in [0.2, 0.25) is 5.28 Å². The summed E-state index contributed by atoms with van der Waals surface area (Å²) in [6.45, 7) is 13.4. The van der Waals surface area contributed by atoms with Gasteiger partial charge in [-0.3, -0.25) is 9.88 Å². The van der Waals surface area contributed by atoms with E-state index in [0.29, 0.717) is 0 Å². The lowest BCUT2D eigenvalue weighted by Crippen LogP contribution is -2.57. The molecule has 0 aliphatic carbocycles. The Morgan fingerprint density at radius 2 is 1.44 bits per heavy atom. The van der Waals surface area contributed by atoms with Gasteiger partial charge in [0.15, 0.2) is 0 Å². The highest BCUT2D eigenvalue weighted by Gasteiger charge is 2.59. The molecule has 1 amide bonds. The number of amides is 1. The van der Waals surface area contributed by atoms with Crippen LogP contribution in [0.15, 0.2) is 12.7 Å². The minimum absolute atomic E-state index is 0.250. The third-order valence-electron chi connectivity index (χ3n) is 2.83. The molecule has 1 atom stereocenters. The van der Waals surface area contributed by atoms with Crippen LogP contribution in [0.3, 0.4) is 0 Å². The summed E-state index contributed by atoms with van der Waals surface area (Å²) in [6.07, 6.45) is 0.0982. The average molecular weight is 379 g/mol. The van der Waals surface area contributed by atoms with Gasteiger partial charge in [0.1, 0.15) is 11.2 Å². The monoisotopic (exact) mass is 379 g/mol. The van der Waals surface area contributed by atoms with Crippen molar-refractivity contribution in [3.63, 3.8) is 0 Å². The molecule has 0 radical (unpaired) electrons. The van der Waals surface area contributed by atoms with E-state index >= 15 is 0 Å². The summed E-state index contributed by atoms with van der Waals surface area (Å²) in [5, 5.41) is 0.202. The van der Waals surface area contributed by atoms with Crippen molar-refractivity contribution in [1.82, 2.24) is 5.32 Å². The quantitative estimate of drug-likeness (QED) is 0.410. The van der Waals surface area contributed by atoms with Crippen LogP contribution in [0.4, 0.5) is 4.79 Å². The van der Waals surface area contributed by atoms with E-state index in [1.807, 2.05) is 0 Å². The Morgan fingerprint density at radius 3 is 1.76 bits per heavy atom. The molecule has 0 aromatic carbocycles. The highest BCUT2D eigenvalue weighted by atomic mass is 31.2. The zero-order valence-electron chi connectivity index (χ0n) is 16.3. The van der Waals surface area contributed by atoms with Crippen molar-refractivity contribution < 1.29 is 32.7 Å².